The van der Waals surface area contributed by atoms with Crippen molar-refractivity contribution in [3.8, 4) is 0 Å². The third kappa shape index (κ3) is 3.09. The Bertz CT molecular complexity index is 662. The molecule has 0 spiro atoms. The fourth-order valence-corrected chi connectivity index (χ4v) is 3.72. The molecule has 0 unspecified atom stereocenters. The number of nitrogens with one attached hydrogen (secondary N) is 1. The molecule has 2 heteroatoms. The Morgan fingerprint density at radius 3 is 1.61 bits per heavy atom. The summed E-state index contributed by atoms with van der Waals surface area (Å²) in [6.07, 6.45) is 0. The second-order valence-corrected chi connectivity index (χ2v) is 6.93. The number of carbonyl (C=O) groups is 1. The Balaban J connectivity index is 1.97. The highest BCUT2D eigenvalue weighted by atomic mass is 16.1. The molecule has 2 aromatic rings. The third-order valence-electron chi connectivity index (χ3n) is 5.06. The summed E-state index contributed by atoms with van der Waals surface area (Å²) in [5, 5.41) is 3.75. The number of aryl methyl sites for hydroxylation is 2. The van der Waals surface area contributed by atoms with E-state index in [-0.39, 0.29) is 23.9 Å². The van der Waals surface area contributed by atoms with E-state index in [0.717, 1.165) is 0 Å². The van der Waals surface area contributed by atoms with Crippen LogP contribution in [0.4, 0.5) is 0 Å². The van der Waals surface area contributed by atoms with E-state index in [1.165, 1.54) is 22.3 Å². The molecule has 1 aliphatic rings. The predicted octanol–water partition coefficient (Wildman–Crippen LogP) is 4.53. The van der Waals surface area contributed by atoms with E-state index >= 15 is 0 Å². The maximum absolute atomic E-state index is 12.8. The monoisotopic (exact) mass is 307 g/mol. The van der Waals surface area contributed by atoms with Gasteiger partial charge in [0.1, 0.15) is 5.78 Å². The lowest BCUT2D eigenvalue weighted by Crippen LogP contribution is -2.46. The molecular weight excluding hydrogens is 282 g/mol. The van der Waals surface area contributed by atoms with Crippen molar-refractivity contribution in [1.82, 2.24) is 5.32 Å². The summed E-state index contributed by atoms with van der Waals surface area (Å²) in [4.78, 5) is 12.8. The lowest BCUT2D eigenvalue weighted by Gasteiger charge is -2.39. The lowest BCUT2D eigenvalue weighted by atomic mass is 9.76. The van der Waals surface area contributed by atoms with Crippen LogP contribution in [-0.4, -0.2) is 5.78 Å². The molecule has 3 rings (SSSR count). The zero-order chi connectivity index (χ0) is 16.6. The number of ketones is 1. The van der Waals surface area contributed by atoms with Crippen LogP contribution < -0.4 is 5.32 Å². The van der Waals surface area contributed by atoms with Gasteiger partial charge in [-0.25, -0.2) is 0 Å². The number of carbonyl (C=O) groups excluding carboxylic acids is 1. The predicted molar refractivity (Wildman–Crippen MR) is 94.3 cm³/mol. The minimum atomic E-state index is -0.00661. The quantitative estimate of drug-likeness (QED) is 0.883. The Hall–Kier alpha value is -1.93. The zero-order valence-electron chi connectivity index (χ0n) is 14.3. The van der Waals surface area contributed by atoms with Crippen molar-refractivity contribution in [2.75, 3.05) is 0 Å². The number of benzene rings is 2. The van der Waals surface area contributed by atoms with Crippen molar-refractivity contribution in [2.24, 2.45) is 11.8 Å². The van der Waals surface area contributed by atoms with Crippen molar-refractivity contribution in [3.05, 3.63) is 70.8 Å². The highest BCUT2D eigenvalue weighted by Gasteiger charge is 2.40. The topological polar surface area (TPSA) is 29.1 Å². The van der Waals surface area contributed by atoms with E-state index < -0.39 is 0 Å². The second kappa shape index (κ2) is 6.29. The van der Waals surface area contributed by atoms with E-state index in [1.807, 2.05) is 13.8 Å². The summed E-state index contributed by atoms with van der Waals surface area (Å²) in [5.74, 6) is 0.336. The average Bonchev–Trinajstić information content (AvgIpc) is 2.53. The van der Waals surface area contributed by atoms with Gasteiger partial charge in [-0.3, -0.25) is 4.79 Å². The second-order valence-electron chi connectivity index (χ2n) is 6.93. The maximum atomic E-state index is 12.8. The van der Waals surface area contributed by atoms with Gasteiger partial charge in [0.2, 0.25) is 0 Å². The highest BCUT2D eigenvalue weighted by Crippen LogP contribution is 2.38. The van der Waals surface area contributed by atoms with Gasteiger partial charge < -0.3 is 5.32 Å². The van der Waals surface area contributed by atoms with Crippen LogP contribution in [0.3, 0.4) is 0 Å². The largest absolute Gasteiger partial charge is 0.302 e. The smallest absolute Gasteiger partial charge is 0.142 e. The molecule has 1 N–H and O–H groups in total. The molecule has 0 aromatic heterocycles. The van der Waals surface area contributed by atoms with Crippen LogP contribution in [0, 0.1) is 25.7 Å². The molecule has 0 bridgehead atoms. The zero-order valence-corrected chi connectivity index (χ0v) is 14.3. The lowest BCUT2D eigenvalue weighted by molar-refractivity contribution is -0.130. The number of Topliss-reactive ketones (excluding diaryl/α,β-unsaturated/α-hetero) is 1. The van der Waals surface area contributed by atoms with Crippen LogP contribution in [0.25, 0.3) is 0 Å². The molecule has 1 saturated heterocycles. The minimum absolute atomic E-state index is 0.00661. The summed E-state index contributed by atoms with van der Waals surface area (Å²) in [5.41, 5.74) is 4.87. The van der Waals surface area contributed by atoms with Gasteiger partial charge in [0.25, 0.3) is 0 Å². The van der Waals surface area contributed by atoms with E-state index in [2.05, 4.69) is 67.7 Å². The van der Waals surface area contributed by atoms with Gasteiger partial charge in [-0.1, -0.05) is 73.5 Å². The number of piperidine rings is 1. The highest BCUT2D eigenvalue weighted by molar-refractivity contribution is 5.85. The van der Waals surface area contributed by atoms with Gasteiger partial charge in [0.05, 0.1) is 0 Å². The van der Waals surface area contributed by atoms with E-state index in [1.54, 1.807) is 0 Å². The fourth-order valence-electron chi connectivity index (χ4n) is 3.72. The molecule has 0 amide bonds. The molecular formula is C21H25NO. The summed E-state index contributed by atoms with van der Waals surface area (Å²) in [7, 11) is 0. The van der Waals surface area contributed by atoms with Crippen molar-refractivity contribution < 1.29 is 4.79 Å². The molecule has 2 aromatic carbocycles. The van der Waals surface area contributed by atoms with Crippen LogP contribution in [0.5, 0.6) is 0 Å². The first kappa shape index (κ1) is 15.9. The molecule has 4 atom stereocenters. The summed E-state index contributed by atoms with van der Waals surface area (Å²) < 4.78 is 0. The molecule has 120 valence electrons. The van der Waals surface area contributed by atoms with Crippen molar-refractivity contribution in [3.63, 3.8) is 0 Å². The summed E-state index contributed by atoms with van der Waals surface area (Å²) >= 11 is 0. The van der Waals surface area contributed by atoms with Gasteiger partial charge in [-0.2, -0.15) is 0 Å². The van der Waals surface area contributed by atoms with Gasteiger partial charge in [0.15, 0.2) is 0 Å². The Labute approximate surface area is 138 Å². The molecule has 1 heterocycles. The summed E-state index contributed by atoms with van der Waals surface area (Å²) in [6.45, 7) is 8.29. The Morgan fingerprint density at radius 2 is 1.22 bits per heavy atom. The molecule has 2 nitrogen and oxygen atoms in total. The van der Waals surface area contributed by atoms with Gasteiger partial charge >= 0.3 is 0 Å². The maximum Gasteiger partial charge on any atom is 0.142 e. The van der Waals surface area contributed by atoms with Gasteiger partial charge in [-0.05, 0) is 25.0 Å². The van der Waals surface area contributed by atoms with E-state index in [0.29, 0.717) is 5.78 Å². The normalized spacial score (nSPS) is 27.9. The first-order chi connectivity index (χ1) is 11.0. The SMILES string of the molecule is Cc1cccc([C@H]2N[C@H](c3cccc(C)c3)[C@@H](C)C(=O)[C@H]2C)c1. The minimum Gasteiger partial charge on any atom is -0.302 e. The first-order valence-corrected chi connectivity index (χ1v) is 8.40. The Morgan fingerprint density at radius 1 is 0.783 bits per heavy atom. The number of hydrogen-bond acceptors (Lipinski definition) is 2. The van der Waals surface area contributed by atoms with Crippen molar-refractivity contribution >= 4 is 5.78 Å². The molecule has 1 aliphatic heterocycles. The standard InChI is InChI=1S/C21H25NO/c1-13-7-5-9-17(11-13)19-15(3)21(23)16(4)20(22-19)18-10-6-8-14(2)12-18/h5-12,15-16,19-20,22H,1-4H3/t15-,16+,19-,20-/m0/s1. The number of hydrogen-bond donors (Lipinski definition) is 1. The van der Waals surface area contributed by atoms with Crippen LogP contribution >= 0.6 is 0 Å². The molecule has 0 saturated carbocycles. The number of rotatable bonds is 2. The van der Waals surface area contributed by atoms with Crippen LogP contribution in [0.15, 0.2) is 48.5 Å². The molecule has 1 fully saturated rings. The fraction of sp³-hybridized carbons (Fsp3) is 0.381. The van der Waals surface area contributed by atoms with Crippen molar-refractivity contribution in [2.45, 2.75) is 39.8 Å². The first-order valence-electron chi connectivity index (χ1n) is 8.40. The van der Waals surface area contributed by atoms with Gasteiger partial charge in [-0.15, -0.1) is 0 Å². The Kier molecular flexibility index (Phi) is 4.36. The van der Waals surface area contributed by atoms with Crippen LogP contribution in [0.1, 0.15) is 48.2 Å². The molecule has 23 heavy (non-hydrogen) atoms. The summed E-state index contributed by atoms with van der Waals surface area (Å²) in [6, 6.07) is 17.1. The average molecular weight is 307 g/mol. The molecule has 0 radical (unpaired) electrons. The van der Waals surface area contributed by atoms with E-state index in [4.69, 9.17) is 0 Å². The van der Waals surface area contributed by atoms with Crippen LogP contribution in [0.2, 0.25) is 0 Å². The van der Waals surface area contributed by atoms with Crippen molar-refractivity contribution in [1.29, 1.82) is 0 Å². The molecule has 0 aliphatic carbocycles. The third-order valence-corrected chi connectivity index (χ3v) is 5.06. The van der Waals surface area contributed by atoms with Crippen LogP contribution in [-0.2, 0) is 4.79 Å². The van der Waals surface area contributed by atoms with Gasteiger partial charge in [0, 0.05) is 23.9 Å². The van der Waals surface area contributed by atoms with E-state index in [9.17, 15) is 4.79 Å².